The van der Waals surface area contributed by atoms with Gasteiger partial charge < -0.3 is 9.88 Å². The second kappa shape index (κ2) is 9.86. The average molecular weight is 450 g/mol. The van der Waals surface area contributed by atoms with E-state index in [2.05, 4.69) is 40.3 Å². The molecule has 0 saturated heterocycles. The van der Waals surface area contributed by atoms with Crippen molar-refractivity contribution < 1.29 is 4.79 Å². The van der Waals surface area contributed by atoms with E-state index in [1.54, 1.807) is 34.7 Å². The number of carbonyl (C=O) groups excluding carboxylic acids is 1. The van der Waals surface area contributed by atoms with Crippen molar-refractivity contribution in [2.45, 2.75) is 46.1 Å². The van der Waals surface area contributed by atoms with Gasteiger partial charge in [-0.05, 0) is 36.3 Å². The van der Waals surface area contributed by atoms with Crippen LogP contribution in [0.5, 0.6) is 0 Å². The fraction of sp³-hybridized carbons (Fsp3) is 0.348. The number of unbranched alkanes of at least 4 members (excludes halogenated alkanes) is 1. The summed E-state index contributed by atoms with van der Waals surface area (Å²) in [5.74, 6) is 0.328. The topological polar surface area (TPSA) is 90.5 Å². The Morgan fingerprint density at radius 1 is 1.22 bits per heavy atom. The molecule has 0 aliphatic heterocycles. The minimum atomic E-state index is -0.160. The number of aryl methyl sites for hydroxylation is 2. The molecular formula is C23H27N7OS. The molecule has 0 bridgehead atoms. The highest BCUT2D eigenvalue weighted by molar-refractivity contribution is 7.13. The Kier molecular flexibility index (Phi) is 6.75. The zero-order chi connectivity index (χ0) is 22.5. The molecule has 0 aromatic carbocycles. The molecule has 4 aromatic rings. The number of nitrogens with one attached hydrogen (secondary N) is 1. The first-order valence-corrected chi connectivity index (χ1v) is 11.7. The largest absolute Gasteiger partial charge is 0.346 e. The molecule has 0 radical (unpaired) electrons. The van der Waals surface area contributed by atoms with Gasteiger partial charge in [-0.1, -0.05) is 26.3 Å². The van der Waals surface area contributed by atoms with Crippen LogP contribution >= 0.6 is 11.3 Å². The van der Waals surface area contributed by atoms with Crippen LogP contribution in [0.2, 0.25) is 0 Å². The summed E-state index contributed by atoms with van der Waals surface area (Å²) in [4.78, 5) is 27.6. The monoisotopic (exact) mass is 449 g/mol. The molecule has 8 nitrogen and oxygen atoms in total. The molecule has 0 aliphatic carbocycles. The van der Waals surface area contributed by atoms with E-state index in [4.69, 9.17) is 4.98 Å². The van der Waals surface area contributed by atoms with Crippen molar-refractivity contribution >= 4 is 17.2 Å². The molecule has 9 heteroatoms. The molecule has 0 spiro atoms. The Hall–Kier alpha value is -3.33. The molecule has 1 amide bonds. The maximum absolute atomic E-state index is 13.0. The molecule has 0 aliphatic rings. The van der Waals surface area contributed by atoms with Gasteiger partial charge in [0.05, 0.1) is 46.6 Å². The second-order valence-electron chi connectivity index (χ2n) is 7.57. The summed E-state index contributed by atoms with van der Waals surface area (Å²) in [6.07, 6.45) is 10.5. The second-order valence-corrected chi connectivity index (χ2v) is 8.52. The van der Waals surface area contributed by atoms with Gasteiger partial charge in [0.2, 0.25) is 0 Å². The van der Waals surface area contributed by atoms with Gasteiger partial charge >= 0.3 is 0 Å². The fourth-order valence-corrected chi connectivity index (χ4v) is 4.28. The molecule has 0 atom stereocenters. The number of hydrogen-bond donors (Lipinski definition) is 1. The summed E-state index contributed by atoms with van der Waals surface area (Å²) in [5.41, 5.74) is 4.33. The highest BCUT2D eigenvalue weighted by Gasteiger charge is 2.20. The molecule has 4 rings (SSSR count). The minimum Gasteiger partial charge on any atom is -0.346 e. The van der Waals surface area contributed by atoms with Crippen molar-refractivity contribution in [1.29, 1.82) is 0 Å². The van der Waals surface area contributed by atoms with Gasteiger partial charge in [0.1, 0.15) is 0 Å². The summed E-state index contributed by atoms with van der Waals surface area (Å²) in [7, 11) is 1.90. The third kappa shape index (κ3) is 4.47. The molecule has 0 unspecified atom stereocenters. The van der Waals surface area contributed by atoms with Crippen molar-refractivity contribution in [3.05, 3.63) is 64.9 Å². The molecule has 4 aromatic heterocycles. The van der Waals surface area contributed by atoms with E-state index in [0.29, 0.717) is 18.1 Å². The van der Waals surface area contributed by atoms with Gasteiger partial charge in [0.25, 0.3) is 11.9 Å². The SMILES string of the molecule is CCCCc1c(C(=O)NCc2cncn2C)cnn1-c1ncc(CC)c(-c2cccs2)n1. The molecule has 0 saturated carbocycles. The predicted octanol–water partition coefficient (Wildman–Crippen LogP) is 3.96. The van der Waals surface area contributed by atoms with Crippen LogP contribution in [-0.2, 0) is 26.4 Å². The summed E-state index contributed by atoms with van der Waals surface area (Å²) in [6.45, 7) is 4.63. The number of imidazole rings is 1. The Balaban J connectivity index is 1.67. The third-order valence-electron chi connectivity index (χ3n) is 5.40. The Morgan fingerprint density at radius 3 is 2.78 bits per heavy atom. The maximum Gasteiger partial charge on any atom is 0.255 e. The standard InChI is InChI=1S/C23H27N7OS/c1-4-6-8-19-18(22(31)25-13-17-12-24-15-29(17)3)14-27-30(19)23-26-11-16(5-2)21(28-23)20-9-7-10-32-20/h7,9-12,14-15H,4-6,8,13H2,1-3H3,(H,25,31). The number of carbonyl (C=O) groups is 1. The number of amides is 1. The quantitative estimate of drug-likeness (QED) is 0.418. The molecular weight excluding hydrogens is 422 g/mol. The molecule has 4 heterocycles. The van der Waals surface area contributed by atoms with Crippen LogP contribution in [0.3, 0.4) is 0 Å². The van der Waals surface area contributed by atoms with Crippen molar-refractivity contribution in [1.82, 2.24) is 34.6 Å². The van der Waals surface area contributed by atoms with Gasteiger partial charge in [-0.2, -0.15) is 5.10 Å². The number of rotatable bonds is 9. The van der Waals surface area contributed by atoms with E-state index < -0.39 is 0 Å². The Morgan fingerprint density at radius 2 is 2.09 bits per heavy atom. The number of nitrogens with zero attached hydrogens (tertiary/aromatic N) is 6. The molecule has 32 heavy (non-hydrogen) atoms. The predicted molar refractivity (Wildman–Crippen MR) is 125 cm³/mol. The van der Waals surface area contributed by atoms with E-state index in [0.717, 1.165) is 53.2 Å². The lowest BCUT2D eigenvalue weighted by molar-refractivity contribution is 0.0949. The molecule has 1 N–H and O–H groups in total. The summed E-state index contributed by atoms with van der Waals surface area (Å²) < 4.78 is 3.60. The van der Waals surface area contributed by atoms with Gasteiger partial charge in [-0.15, -0.1) is 11.3 Å². The molecule has 166 valence electrons. The third-order valence-corrected chi connectivity index (χ3v) is 6.28. The van der Waals surface area contributed by atoms with Crippen molar-refractivity contribution in [2.75, 3.05) is 0 Å². The van der Waals surface area contributed by atoms with Crippen LogP contribution in [0.15, 0.2) is 42.4 Å². The van der Waals surface area contributed by atoms with Crippen LogP contribution in [0.4, 0.5) is 0 Å². The van der Waals surface area contributed by atoms with E-state index in [-0.39, 0.29) is 5.91 Å². The van der Waals surface area contributed by atoms with E-state index >= 15 is 0 Å². The summed E-state index contributed by atoms with van der Waals surface area (Å²) >= 11 is 1.65. The van der Waals surface area contributed by atoms with Crippen LogP contribution in [-0.4, -0.2) is 35.2 Å². The highest BCUT2D eigenvalue weighted by atomic mass is 32.1. The number of aromatic nitrogens is 6. The Labute approximate surface area is 191 Å². The van der Waals surface area contributed by atoms with Crippen molar-refractivity contribution in [2.24, 2.45) is 7.05 Å². The first-order chi connectivity index (χ1) is 15.6. The first-order valence-electron chi connectivity index (χ1n) is 10.8. The fourth-order valence-electron chi connectivity index (χ4n) is 3.53. The minimum absolute atomic E-state index is 0.160. The van der Waals surface area contributed by atoms with Gasteiger partial charge in [-0.3, -0.25) is 4.79 Å². The highest BCUT2D eigenvalue weighted by Crippen LogP contribution is 2.27. The maximum atomic E-state index is 13.0. The summed E-state index contributed by atoms with van der Waals surface area (Å²) in [5, 5.41) is 9.54. The zero-order valence-corrected chi connectivity index (χ0v) is 19.4. The molecule has 0 fully saturated rings. The lowest BCUT2D eigenvalue weighted by Crippen LogP contribution is -2.25. The number of hydrogen-bond acceptors (Lipinski definition) is 6. The van der Waals surface area contributed by atoms with Gasteiger partial charge in [0.15, 0.2) is 0 Å². The van der Waals surface area contributed by atoms with Gasteiger partial charge in [-0.25, -0.2) is 19.6 Å². The van der Waals surface area contributed by atoms with Gasteiger partial charge in [0, 0.05) is 19.4 Å². The smallest absolute Gasteiger partial charge is 0.255 e. The van der Waals surface area contributed by atoms with Crippen LogP contribution < -0.4 is 5.32 Å². The summed E-state index contributed by atoms with van der Waals surface area (Å²) in [6, 6.07) is 4.08. The van der Waals surface area contributed by atoms with Crippen LogP contribution in [0, 0.1) is 0 Å². The zero-order valence-electron chi connectivity index (χ0n) is 18.6. The lowest BCUT2D eigenvalue weighted by atomic mass is 10.1. The van der Waals surface area contributed by atoms with E-state index in [1.807, 2.05) is 29.3 Å². The average Bonchev–Trinajstić information content (AvgIpc) is 3.56. The normalized spacial score (nSPS) is 11.1. The van der Waals surface area contributed by atoms with E-state index in [1.165, 1.54) is 0 Å². The Bertz CT molecular complexity index is 1190. The van der Waals surface area contributed by atoms with Crippen LogP contribution in [0.1, 0.15) is 54.0 Å². The van der Waals surface area contributed by atoms with Crippen molar-refractivity contribution in [3.63, 3.8) is 0 Å². The lowest BCUT2D eigenvalue weighted by Gasteiger charge is -2.11. The van der Waals surface area contributed by atoms with Crippen LogP contribution in [0.25, 0.3) is 16.5 Å². The van der Waals surface area contributed by atoms with E-state index in [9.17, 15) is 4.79 Å². The number of thiophene rings is 1. The van der Waals surface area contributed by atoms with Crippen molar-refractivity contribution in [3.8, 4) is 16.5 Å². The first kappa shape index (κ1) is 21.9.